The van der Waals surface area contributed by atoms with Gasteiger partial charge < -0.3 is 14.8 Å². The maximum atomic E-state index is 5.52. The van der Waals surface area contributed by atoms with Gasteiger partial charge >= 0.3 is 0 Å². The molecule has 19 heavy (non-hydrogen) atoms. The number of rotatable bonds is 7. The molecule has 0 spiro atoms. The molecule has 0 aliphatic rings. The highest BCUT2D eigenvalue weighted by molar-refractivity contribution is 5.58. The zero-order valence-electron chi connectivity index (χ0n) is 12.6. The van der Waals surface area contributed by atoms with Crippen molar-refractivity contribution in [2.24, 2.45) is 0 Å². The number of nitrogens with one attached hydrogen (secondary N) is 1. The minimum Gasteiger partial charge on any atom is -0.493 e. The monoisotopic (exact) mass is 263 g/mol. The van der Waals surface area contributed by atoms with E-state index in [-0.39, 0.29) is 0 Å². The standard InChI is InChI=1S/C16H25NO2/c1-6-17-13(4)12(3)10-14-8-9-15(19-7-2)16(11-14)18-5/h8-11,13,17H,6-7H2,1-5H3/b12-10+. The van der Waals surface area contributed by atoms with Crippen molar-refractivity contribution in [2.45, 2.75) is 33.7 Å². The first kappa shape index (κ1) is 15.6. The fraction of sp³-hybridized carbons (Fsp3) is 0.500. The Morgan fingerprint density at radius 1 is 1.32 bits per heavy atom. The van der Waals surface area contributed by atoms with Crippen LogP contribution < -0.4 is 14.8 Å². The highest BCUT2D eigenvalue weighted by Crippen LogP contribution is 2.29. The van der Waals surface area contributed by atoms with Gasteiger partial charge in [-0.3, -0.25) is 0 Å². The van der Waals surface area contributed by atoms with Crippen molar-refractivity contribution in [3.63, 3.8) is 0 Å². The maximum Gasteiger partial charge on any atom is 0.161 e. The van der Waals surface area contributed by atoms with E-state index in [1.165, 1.54) is 5.57 Å². The number of benzene rings is 1. The van der Waals surface area contributed by atoms with Gasteiger partial charge in [-0.05, 0) is 45.0 Å². The molecule has 1 atom stereocenters. The number of methoxy groups -OCH3 is 1. The van der Waals surface area contributed by atoms with Crippen molar-refractivity contribution in [1.82, 2.24) is 5.32 Å². The summed E-state index contributed by atoms with van der Waals surface area (Å²) >= 11 is 0. The van der Waals surface area contributed by atoms with Crippen LogP contribution in [0.4, 0.5) is 0 Å². The van der Waals surface area contributed by atoms with E-state index in [4.69, 9.17) is 9.47 Å². The van der Waals surface area contributed by atoms with Crippen LogP contribution in [0.3, 0.4) is 0 Å². The van der Waals surface area contributed by atoms with Crippen LogP contribution >= 0.6 is 0 Å². The zero-order valence-corrected chi connectivity index (χ0v) is 12.6. The Kier molecular flexibility index (Phi) is 6.43. The van der Waals surface area contributed by atoms with Gasteiger partial charge in [-0.15, -0.1) is 0 Å². The predicted molar refractivity (Wildman–Crippen MR) is 81.0 cm³/mol. The molecule has 1 N–H and O–H groups in total. The molecule has 0 radical (unpaired) electrons. The molecule has 0 aliphatic heterocycles. The molecule has 0 aliphatic carbocycles. The molecule has 1 aromatic rings. The van der Waals surface area contributed by atoms with E-state index in [0.29, 0.717) is 12.6 Å². The van der Waals surface area contributed by atoms with Gasteiger partial charge in [0.2, 0.25) is 0 Å². The molecule has 106 valence electrons. The Morgan fingerprint density at radius 2 is 2.05 bits per heavy atom. The smallest absolute Gasteiger partial charge is 0.161 e. The molecular formula is C16H25NO2. The summed E-state index contributed by atoms with van der Waals surface area (Å²) in [6.45, 7) is 10.00. The minimum absolute atomic E-state index is 0.377. The summed E-state index contributed by atoms with van der Waals surface area (Å²) in [5.41, 5.74) is 2.43. The van der Waals surface area contributed by atoms with Crippen LogP contribution in [0.15, 0.2) is 23.8 Å². The average Bonchev–Trinajstić information content (AvgIpc) is 2.41. The van der Waals surface area contributed by atoms with E-state index >= 15 is 0 Å². The Hall–Kier alpha value is -1.48. The molecule has 0 aromatic heterocycles. The summed E-state index contributed by atoms with van der Waals surface area (Å²) in [4.78, 5) is 0. The molecule has 0 heterocycles. The molecule has 0 saturated carbocycles. The lowest BCUT2D eigenvalue weighted by Crippen LogP contribution is -2.26. The second kappa shape index (κ2) is 7.85. The average molecular weight is 263 g/mol. The van der Waals surface area contributed by atoms with E-state index < -0.39 is 0 Å². The van der Waals surface area contributed by atoms with E-state index in [0.717, 1.165) is 23.6 Å². The highest BCUT2D eigenvalue weighted by Gasteiger charge is 2.06. The zero-order chi connectivity index (χ0) is 14.3. The highest BCUT2D eigenvalue weighted by atomic mass is 16.5. The van der Waals surface area contributed by atoms with E-state index in [9.17, 15) is 0 Å². The van der Waals surface area contributed by atoms with Crippen LogP contribution in [0.25, 0.3) is 6.08 Å². The Balaban J connectivity index is 2.93. The lowest BCUT2D eigenvalue weighted by molar-refractivity contribution is 0.311. The van der Waals surface area contributed by atoms with Gasteiger partial charge in [0.15, 0.2) is 11.5 Å². The summed E-state index contributed by atoms with van der Waals surface area (Å²) in [5.74, 6) is 1.57. The number of likely N-dealkylation sites (N-methyl/N-ethyl adjacent to an activating group) is 1. The quantitative estimate of drug-likeness (QED) is 0.816. The first-order valence-corrected chi connectivity index (χ1v) is 6.84. The Morgan fingerprint density at radius 3 is 2.63 bits per heavy atom. The Labute approximate surface area is 116 Å². The minimum atomic E-state index is 0.377. The molecule has 0 fully saturated rings. The fourth-order valence-electron chi connectivity index (χ4n) is 1.90. The van der Waals surface area contributed by atoms with Gasteiger partial charge in [-0.2, -0.15) is 0 Å². The van der Waals surface area contributed by atoms with Gasteiger partial charge in [0.25, 0.3) is 0 Å². The molecule has 0 saturated heterocycles. The second-order valence-corrected chi connectivity index (χ2v) is 4.51. The third-order valence-electron chi connectivity index (χ3n) is 3.08. The first-order valence-electron chi connectivity index (χ1n) is 6.84. The van der Waals surface area contributed by atoms with Crippen LogP contribution in [0.5, 0.6) is 11.5 Å². The largest absolute Gasteiger partial charge is 0.493 e. The normalized spacial score (nSPS) is 13.2. The predicted octanol–water partition coefficient (Wildman–Crippen LogP) is 3.50. The van der Waals surface area contributed by atoms with Crippen molar-refractivity contribution < 1.29 is 9.47 Å². The summed E-state index contributed by atoms with van der Waals surface area (Å²) in [7, 11) is 1.67. The molecule has 3 nitrogen and oxygen atoms in total. The van der Waals surface area contributed by atoms with Gasteiger partial charge in [0.05, 0.1) is 13.7 Å². The number of ether oxygens (including phenoxy) is 2. The van der Waals surface area contributed by atoms with Gasteiger partial charge in [0, 0.05) is 6.04 Å². The van der Waals surface area contributed by atoms with Crippen molar-refractivity contribution in [2.75, 3.05) is 20.3 Å². The van der Waals surface area contributed by atoms with E-state index in [2.05, 4.69) is 38.2 Å². The summed E-state index contributed by atoms with van der Waals surface area (Å²) in [6.07, 6.45) is 2.17. The van der Waals surface area contributed by atoms with Gasteiger partial charge in [-0.25, -0.2) is 0 Å². The van der Waals surface area contributed by atoms with Crippen LogP contribution in [0.1, 0.15) is 33.3 Å². The SMILES string of the molecule is CCNC(C)/C(C)=C/c1ccc(OCC)c(OC)c1. The number of hydrogen-bond donors (Lipinski definition) is 1. The second-order valence-electron chi connectivity index (χ2n) is 4.51. The van der Waals surface area contributed by atoms with E-state index in [1.54, 1.807) is 7.11 Å². The van der Waals surface area contributed by atoms with Crippen LogP contribution in [-0.4, -0.2) is 26.3 Å². The lowest BCUT2D eigenvalue weighted by Gasteiger charge is -2.14. The summed E-state index contributed by atoms with van der Waals surface area (Å²) < 4.78 is 10.9. The summed E-state index contributed by atoms with van der Waals surface area (Å²) in [5, 5.41) is 3.40. The van der Waals surface area contributed by atoms with Crippen LogP contribution in [0, 0.1) is 0 Å². The van der Waals surface area contributed by atoms with Crippen LogP contribution in [0.2, 0.25) is 0 Å². The van der Waals surface area contributed by atoms with Crippen molar-refractivity contribution in [3.8, 4) is 11.5 Å². The van der Waals surface area contributed by atoms with E-state index in [1.807, 2.05) is 19.1 Å². The van der Waals surface area contributed by atoms with Crippen molar-refractivity contribution in [1.29, 1.82) is 0 Å². The topological polar surface area (TPSA) is 30.5 Å². The Bertz CT molecular complexity index is 427. The lowest BCUT2D eigenvalue weighted by atomic mass is 10.1. The molecule has 3 heteroatoms. The van der Waals surface area contributed by atoms with Gasteiger partial charge in [-0.1, -0.05) is 24.6 Å². The molecule has 1 unspecified atom stereocenters. The third kappa shape index (κ3) is 4.60. The number of hydrogen-bond acceptors (Lipinski definition) is 3. The van der Waals surface area contributed by atoms with Crippen molar-refractivity contribution in [3.05, 3.63) is 29.3 Å². The molecule has 0 amide bonds. The fourth-order valence-corrected chi connectivity index (χ4v) is 1.90. The maximum absolute atomic E-state index is 5.52. The summed E-state index contributed by atoms with van der Waals surface area (Å²) in [6, 6.07) is 6.39. The van der Waals surface area contributed by atoms with Gasteiger partial charge in [0.1, 0.15) is 0 Å². The molecular weight excluding hydrogens is 238 g/mol. The third-order valence-corrected chi connectivity index (χ3v) is 3.08. The molecule has 0 bridgehead atoms. The first-order chi connectivity index (χ1) is 9.12. The molecule has 1 rings (SSSR count). The van der Waals surface area contributed by atoms with Crippen molar-refractivity contribution >= 4 is 6.08 Å². The van der Waals surface area contributed by atoms with Crippen LogP contribution in [-0.2, 0) is 0 Å². The molecule has 1 aromatic carbocycles.